The zero-order chi connectivity index (χ0) is 70.9. The van der Waals surface area contributed by atoms with Gasteiger partial charge in [-0.1, -0.05) is 166 Å². The van der Waals surface area contributed by atoms with Crippen molar-refractivity contribution in [3.05, 3.63) is 140 Å². The molecule has 0 radical (unpaired) electrons. The summed E-state index contributed by atoms with van der Waals surface area (Å²) in [7, 11) is 0. The number of aryl methyl sites for hydroxylation is 4. The summed E-state index contributed by atoms with van der Waals surface area (Å²) in [6.07, 6.45) is 22.8. The number of hydrogen-bond donors (Lipinski definition) is 0. The van der Waals surface area contributed by atoms with Gasteiger partial charge >= 0.3 is 35.8 Å². The quantitative estimate of drug-likeness (QED) is 0.0117. The van der Waals surface area contributed by atoms with Crippen LogP contribution in [0.5, 0.6) is 23.0 Å². The third kappa shape index (κ3) is 29.8. The first-order valence-electron chi connectivity index (χ1n) is 36.9. The van der Waals surface area contributed by atoms with Crippen LogP contribution in [0.25, 0.3) is 0 Å². The second kappa shape index (κ2) is 46.6. The standard InChI is InChI=1S/C82H116O16/c1-11-17-21-25-33-61-45-65-53-66-46-62(34-26-22-18-12-2)48-68(78(66)94-40-30-38-92-76(86)58-74(84)90-16-6)55-70-50-64(36-28-24-20-14-4)52-72(80(70)96-42-32-44-98-82(88)60(9)10)56-71-51-63(35-27-23-19-13-3)49-69(79(71)95-41-31-43-97-81(87)59(7)8)54-67(47-61)77(65)93-39-29-37-91-75(85)57-73(83)89-15-5/h45-52H,7,9,11-44,53-58H2,1-6,8,10H3. The minimum atomic E-state index is -0.667. The summed E-state index contributed by atoms with van der Waals surface area (Å²) >= 11 is 0. The molecule has 0 amide bonds. The van der Waals surface area contributed by atoms with Gasteiger partial charge in [-0.15, -0.1) is 0 Å². The largest absolute Gasteiger partial charge is 0.493 e. The Bertz CT molecular complexity index is 2970. The highest BCUT2D eigenvalue weighted by molar-refractivity contribution is 5.91. The molecule has 4 aromatic rings. The molecule has 16 heteroatoms. The molecule has 0 saturated heterocycles. The van der Waals surface area contributed by atoms with Gasteiger partial charge < -0.3 is 47.4 Å². The van der Waals surface area contributed by atoms with Crippen LogP contribution in [0.2, 0.25) is 0 Å². The Kier molecular flexibility index (Phi) is 38.6. The molecule has 0 aromatic heterocycles. The average Bonchev–Trinajstić information content (AvgIpc) is 0.790. The highest BCUT2D eigenvalue weighted by atomic mass is 16.6. The second-order valence-electron chi connectivity index (χ2n) is 26.0. The zero-order valence-corrected chi connectivity index (χ0v) is 60.8. The smallest absolute Gasteiger partial charge is 0.333 e. The molecule has 16 nitrogen and oxygen atoms in total. The van der Waals surface area contributed by atoms with Crippen molar-refractivity contribution in [2.45, 2.75) is 248 Å². The van der Waals surface area contributed by atoms with Crippen LogP contribution in [0, 0.1) is 0 Å². The normalized spacial score (nSPS) is 11.7. The van der Waals surface area contributed by atoms with E-state index in [0.29, 0.717) is 74.0 Å². The van der Waals surface area contributed by atoms with Gasteiger partial charge in [0.1, 0.15) is 35.8 Å². The summed E-state index contributed by atoms with van der Waals surface area (Å²) in [5, 5.41) is 0. The SMILES string of the molecule is C=C(C)C(=O)OCCCOc1c2cc(CCCCCC)cc1Cc1cc(CCCCCC)cc(c1OCCCOC(=O)C(=C)C)Cc1cc(CCCCCC)cc(c1OCCCOC(=O)CC(=O)OCC)Cc1cc(CCCCCC)cc(c1OCCCOC(=O)CC(=O)OCC)C2. The predicted octanol–water partition coefficient (Wildman–Crippen LogP) is 17.2. The van der Waals surface area contributed by atoms with Gasteiger partial charge in [0.25, 0.3) is 0 Å². The van der Waals surface area contributed by atoms with E-state index >= 15 is 0 Å². The van der Waals surface area contributed by atoms with Gasteiger partial charge in [0.05, 0.1) is 66.1 Å². The van der Waals surface area contributed by atoms with E-state index in [9.17, 15) is 28.8 Å². The number of fused-ring (bicyclic) bond motifs is 8. The van der Waals surface area contributed by atoms with Crippen molar-refractivity contribution in [1.29, 1.82) is 0 Å². The molecule has 4 aromatic carbocycles. The second-order valence-corrected chi connectivity index (χ2v) is 26.0. The maximum atomic E-state index is 12.8. The maximum Gasteiger partial charge on any atom is 0.333 e. The first-order chi connectivity index (χ1) is 47.5. The molecule has 1 aliphatic rings. The molecule has 540 valence electrons. The van der Waals surface area contributed by atoms with Crippen LogP contribution in [0.3, 0.4) is 0 Å². The van der Waals surface area contributed by atoms with Crippen molar-refractivity contribution in [2.24, 2.45) is 0 Å². The molecule has 8 bridgehead atoms. The van der Waals surface area contributed by atoms with Crippen LogP contribution in [0.1, 0.15) is 263 Å². The van der Waals surface area contributed by atoms with Gasteiger partial charge in [0.2, 0.25) is 0 Å². The summed E-state index contributed by atoms with van der Waals surface area (Å²) in [6.45, 7) is 24.7. The summed E-state index contributed by atoms with van der Waals surface area (Å²) in [4.78, 5) is 75.5. The predicted molar refractivity (Wildman–Crippen MR) is 385 cm³/mol. The number of hydrogen-bond acceptors (Lipinski definition) is 16. The highest BCUT2D eigenvalue weighted by Crippen LogP contribution is 2.42. The Morgan fingerprint density at radius 2 is 0.520 bits per heavy atom. The number of carbonyl (C=O) groups is 6. The molecule has 0 saturated carbocycles. The lowest BCUT2D eigenvalue weighted by Crippen LogP contribution is -2.16. The first-order valence-corrected chi connectivity index (χ1v) is 36.9. The molecule has 0 spiro atoms. The molecule has 98 heavy (non-hydrogen) atoms. The van der Waals surface area contributed by atoms with Gasteiger partial charge in [0, 0.05) is 62.5 Å². The zero-order valence-electron chi connectivity index (χ0n) is 60.8. The lowest BCUT2D eigenvalue weighted by Gasteiger charge is -2.25. The number of benzene rings is 4. The molecular formula is C82H116O16. The monoisotopic (exact) mass is 1360 g/mol. The number of unbranched alkanes of at least 4 members (excludes halogenated alkanes) is 12. The van der Waals surface area contributed by atoms with Crippen LogP contribution in [-0.4, -0.2) is 102 Å². The van der Waals surface area contributed by atoms with Crippen LogP contribution >= 0.6 is 0 Å². The van der Waals surface area contributed by atoms with Gasteiger partial charge in [-0.3, -0.25) is 19.2 Å². The third-order valence-corrected chi connectivity index (χ3v) is 17.0. The van der Waals surface area contributed by atoms with E-state index in [4.69, 9.17) is 47.4 Å². The van der Waals surface area contributed by atoms with E-state index in [-0.39, 0.29) is 66.1 Å². The van der Waals surface area contributed by atoms with Gasteiger partial charge in [-0.2, -0.15) is 0 Å². The molecule has 0 heterocycles. The van der Waals surface area contributed by atoms with Crippen LogP contribution in [-0.2, 0) is 109 Å². The molecule has 0 unspecified atom stereocenters. The highest BCUT2D eigenvalue weighted by Gasteiger charge is 2.26. The minimum absolute atomic E-state index is 0.0237. The summed E-state index contributed by atoms with van der Waals surface area (Å²) in [5.41, 5.74) is 13.1. The number of ether oxygens (including phenoxy) is 10. The van der Waals surface area contributed by atoms with E-state index in [0.717, 1.165) is 184 Å². The van der Waals surface area contributed by atoms with E-state index in [1.165, 1.54) is 22.3 Å². The summed E-state index contributed by atoms with van der Waals surface area (Å²) < 4.78 is 61.1. The molecule has 0 aliphatic heterocycles. The van der Waals surface area contributed by atoms with E-state index in [2.05, 4.69) is 89.4 Å². The molecule has 0 fully saturated rings. The van der Waals surface area contributed by atoms with Crippen molar-refractivity contribution in [3.8, 4) is 23.0 Å². The minimum Gasteiger partial charge on any atom is -0.493 e. The van der Waals surface area contributed by atoms with E-state index in [1.807, 2.05) is 0 Å². The number of esters is 6. The fraction of sp³-hybridized carbons (Fsp3) is 0.585. The third-order valence-electron chi connectivity index (χ3n) is 17.0. The molecular weight excluding hydrogens is 1240 g/mol. The lowest BCUT2D eigenvalue weighted by atomic mass is 9.87. The van der Waals surface area contributed by atoms with Crippen molar-refractivity contribution in [3.63, 3.8) is 0 Å². The van der Waals surface area contributed by atoms with E-state index in [1.54, 1.807) is 27.7 Å². The summed E-state index contributed by atoms with van der Waals surface area (Å²) in [5.74, 6) is -0.633. The number of rotatable bonds is 48. The van der Waals surface area contributed by atoms with Crippen molar-refractivity contribution in [2.75, 3.05) is 66.1 Å². The van der Waals surface area contributed by atoms with E-state index < -0.39 is 48.7 Å². The summed E-state index contributed by atoms with van der Waals surface area (Å²) in [6, 6.07) is 18.4. The fourth-order valence-electron chi connectivity index (χ4n) is 12.2. The van der Waals surface area contributed by atoms with Crippen molar-refractivity contribution < 1.29 is 76.1 Å². The van der Waals surface area contributed by atoms with Crippen molar-refractivity contribution >= 4 is 35.8 Å². The molecule has 1 aliphatic carbocycles. The van der Waals surface area contributed by atoms with Gasteiger partial charge in [0.15, 0.2) is 0 Å². The van der Waals surface area contributed by atoms with Crippen LogP contribution < -0.4 is 18.9 Å². The Labute approximate surface area is 585 Å². The average molecular weight is 1360 g/mol. The van der Waals surface area contributed by atoms with Gasteiger partial charge in [-0.25, -0.2) is 9.59 Å². The Balaban J connectivity index is 1.89. The fourth-order valence-corrected chi connectivity index (χ4v) is 12.2. The van der Waals surface area contributed by atoms with Crippen molar-refractivity contribution in [1.82, 2.24) is 0 Å². The first kappa shape index (κ1) is 81.1. The molecule has 5 rings (SSSR count). The Morgan fingerprint density at radius 1 is 0.296 bits per heavy atom. The molecule has 0 N–H and O–H groups in total. The maximum absolute atomic E-state index is 12.8. The van der Waals surface area contributed by atoms with Crippen LogP contribution in [0.15, 0.2) is 72.8 Å². The Morgan fingerprint density at radius 3 is 0.735 bits per heavy atom. The molecule has 0 atom stereocenters. The lowest BCUT2D eigenvalue weighted by molar-refractivity contribution is -0.156. The Hall–Kier alpha value is -7.62. The van der Waals surface area contributed by atoms with Crippen LogP contribution in [0.4, 0.5) is 0 Å². The number of carbonyl (C=O) groups excluding carboxylic acids is 6. The van der Waals surface area contributed by atoms with Gasteiger partial charge in [-0.05, 0) is 146 Å². The topological polar surface area (TPSA) is 195 Å².